The van der Waals surface area contributed by atoms with Crippen molar-refractivity contribution in [3.63, 3.8) is 0 Å². The molecule has 10 heteroatoms. The maximum atomic E-state index is 11.9. The monoisotopic (exact) mass is 461 g/mol. The number of carbonyl (C=O) groups excluding carboxylic acids is 2. The Labute approximate surface area is 190 Å². The number of amides is 3. The van der Waals surface area contributed by atoms with Crippen LogP contribution in [-0.4, -0.2) is 94.4 Å². The van der Waals surface area contributed by atoms with E-state index in [2.05, 4.69) is 22.9 Å². The molecule has 0 aliphatic carbocycles. The lowest BCUT2D eigenvalue weighted by Gasteiger charge is -2.16. The van der Waals surface area contributed by atoms with Crippen LogP contribution in [0, 0.1) is 0 Å². The number of ether oxygens (including phenoxy) is 4. The quantitative estimate of drug-likeness (QED) is 0.197. The van der Waals surface area contributed by atoms with E-state index in [0.717, 1.165) is 38.0 Å². The molecule has 3 atom stereocenters. The van der Waals surface area contributed by atoms with E-state index in [9.17, 15) is 9.59 Å². The summed E-state index contributed by atoms with van der Waals surface area (Å²) < 4.78 is 21.6. The van der Waals surface area contributed by atoms with Crippen molar-refractivity contribution in [1.29, 1.82) is 0 Å². The lowest BCUT2D eigenvalue weighted by atomic mass is 10.0. The number of thioether (sulfide) groups is 1. The van der Waals surface area contributed by atoms with E-state index < -0.39 is 0 Å². The summed E-state index contributed by atoms with van der Waals surface area (Å²) in [5, 5.41) is 9.29. The summed E-state index contributed by atoms with van der Waals surface area (Å²) in [5.41, 5.74) is 0. The van der Waals surface area contributed by atoms with E-state index >= 15 is 0 Å². The highest BCUT2D eigenvalue weighted by atomic mass is 32.2. The molecule has 3 N–H and O–H groups in total. The van der Waals surface area contributed by atoms with Crippen LogP contribution in [-0.2, 0) is 23.7 Å². The third-order valence-electron chi connectivity index (χ3n) is 5.11. The van der Waals surface area contributed by atoms with Crippen molar-refractivity contribution < 1.29 is 28.5 Å². The molecule has 0 aromatic heterocycles. The second-order valence-electron chi connectivity index (χ2n) is 7.67. The summed E-state index contributed by atoms with van der Waals surface area (Å²) >= 11 is 1.91. The molecule has 31 heavy (non-hydrogen) atoms. The van der Waals surface area contributed by atoms with Gasteiger partial charge in [-0.15, -0.1) is 0 Å². The topological polar surface area (TPSA) is 107 Å². The number of rotatable bonds is 19. The van der Waals surface area contributed by atoms with Crippen molar-refractivity contribution in [2.75, 3.05) is 65.2 Å². The zero-order chi connectivity index (χ0) is 22.2. The molecule has 0 aromatic carbocycles. The first-order valence-corrected chi connectivity index (χ1v) is 12.5. The van der Waals surface area contributed by atoms with Gasteiger partial charge in [-0.05, 0) is 19.3 Å². The SMILES string of the molecule is CCCOCCOCCOCCOCCNC(=O)CCCCC1SC[C@@H]2NC(=O)N[C@H]12. The standard InChI is InChI=1S/C21H39N3O6S/c1-2-8-27-10-12-29-14-15-30-13-11-28-9-7-22-19(25)6-4-3-5-18-20-17(16-31-18)23-21(26)24-20/h17-18,20H,2-16H2,1H3,(H,22,25)(H2,23,24,26)/t17-,18?,20-/m0/s1. The van der Waals surface area contributed by atoms with Crippen LogP contribution in [0.25, 0.3) is 0 Å². The molecular weight excluding hydrogens is 422 g/mol. The maximum Gasteiger partial charge on any atom is 0.315 e. The van der Waals surface area contributed by atoms with Crippen LogP contribution in [0.2, 0.25) is 0 Å². The van der Waals surface area contributed by atoms with Crippen LogP contribution < -0.4 is 16.0 Å². The van der Waals surface area contributed by atoms with Crippen LogP contribution in [0.3, 0.4) is 0 Å². The van der Waals surface area contributed by atoms with Gasteiger partial charge in [0.1, 0.15) is 0 Å². The molecule has 180 valence electrons. The number of urea groups is 1. The van der Waals surface area contributed by atoms with Crippen molar-refractivity contribution in [2.24, 2.45) is 0 Å². The lowest BCUT2D eigenvalue weighted by molar-refractivity contribution is -0.121. The van der Waals surface area contributed by atoms with Crippen molar-refractivity contribution in [1.82, 2.24) is 16.0 Å². The lowest BCUT2D eigenvalue weighted by Crippen LogP contribution is -2.36. The average molecular weight is 462 g/mol. The number of hydrogen-bond acceptors (Lipinski definition) is 7. The highest BCUT2D eigenvalue weighted by molar-refractivity contribution is 8.00. The van der Waals surface area contributed by atoms with E-state index in [1.807, 2.05) is 11.8 Å². The number of hydrogen-bond donors (Lipinski definition) is 3. The van der Waals surface area contributed by atoms with Gasteiger partial charge in [0, 0.05) is 30.6 Å². The zero-order valence-electron chi connectivity index (χ0n) is 18.7. The molecule has 9 nitrogen and oxygen atoms in total. The van der Waals surface area contributed by atoms with Crippen LogP contribution in [0.15, 0.2) is 0 Å². The van der Waals surface area contributed by atoms with Crippen LogP contribution in [0.1, 0.15) is 39.0 Å². The highest BCUT2D eigenvalue weighted by Gasteiger charge is 2.42. The molecule has 2 aliphatic heterocycles. The van der Waals surface area contributed by atoms with Gasteiger partial charge in [0.15, 0.2) is 0 Å². The summed E-state index contributed by atoms with van der Waals surface area (Å²) in [7, 11) is 0. The molecule has 0 radical (unpaired) electrons. The molecular formula is C21H39N3O6S. The van der Waals surface area contributed by atoms with Gasteiger partial charge in [-0.3, -0.25) is 4.79 Å². The molecule has 0 aromatic rings. The second-order valence-corrected chi connectivity index (χ2v) is 8.94. The first-order valence-electron chi connectivity index (χ1n) is 11.5. The molecule has 2 fully saturated rings. The Hall–Kier alpha value is -1.07. The Bertz CT molecular complexity index is 514. The third-order valence-corrected chi connectivity index (χ3v) is 6.62. The summed E-state index contributed by atoms with van der Waals surface area (Å²) in [6.07, 6.45) is 4.44. The van der Waals surface area contributed by atoms with Crippen molar-refractivity contribution in [3.8, 4) is 0 Å². The number of fused-ring (bicyclic) bond motifs is 1. The van der Waals surface area contributed by atoms with Crippen molar-refractivity contribution >= 4 is 23.7 Å². The summed E-state index contributed by atoms with van der Waals surface area (Å²) in [4.78, 5) is 23.3. The van der Waals surface area contributed by atoms with Crippen LogP contribution in [0.4, 0.5) is 4.79 Å². The van der Waals surface area contributed by atoms with Gasteiger partial charge >= 0.3 is 6.03 Å². The minimum atomic E-state index is -0.0498. The molecule has 2 aliphatic rings. The zero-order valence-corrected chi connectivity index (χ0v) is 19.5. The Balaban J connectivity index is 1.30. The Morgan fingerprint density at radius 3 is 2.29 bits per heavy atom. The van der Waals surface area contributed by atoms with E-state index in [0.29, 0.717) is 64.5 Å². The number of carbonyl (C=O) groups is 2. The summed E-state index contributed by atoms with van der Waals surface area (Å²) in [6, 6.07) is 0.455. The van der Waals surface area contributed by atoms with E-state index in [1.165, 1.54) is 0 Å². The molecule has 0 saturated carbocycles. The second kappa shape index (κ2) is 16.5. The van der Waals surface area contributed by atoms with E-state index in [-0.39, 0.29) is 24.0 Å². The predicted molar refractivity (Wildman–Crippen MR) is 121 cm³/mol. The van der Waals surface area contributed by atoms with Gasteiger partial charge < -0.3 is 34.9 Å². The van der Waals surface area contributed by atoms with Gasteiger partial charge in [0.05, 0.1) is 58.3 Å². The summed E-state index contributed by atoms with van der Waals surface area (Å²) in [5.74, 6) is 1.04. The smallest absolute Gasteiger partial charge is 0.315 e. The fraction of sp³-hybridized carbons (Fsp3) is 0.905. The number of nitrogens with one attached hydrogen (secondary N) is 3. The van der Waals surface area contributed by atoms with Crippen LogP contribution in [0.5, 0.6) is 0 Å². The van der Waals surface area contributed by atoms with Gasteiger partial charge in [-0.1, -0.05) is 13.3 Å². The van der Waals surface area contributed by atoms with Crippen LogP contribution >= 0.6 is 11.8 Å². The largest absolute Gasteiger partial charge is 0.379 e. The predicted octanol–water partition coefficient (Wildman–Crippen LogP) is 1.30. The van der Waals surface area contributed by atoms with Gasteiger partial charge in [0.25, 0.3) is 0 Å². The van der Waals surface area contributed by atoms with E-state index in [4.69, 9.17) is 18.9 Å². The van der Waals surface area contributed by atoms with Crippen molar-refractivity contribution in [2.45, 2.75) is 56.4 Å². The first kappa shape index (κ1) is 26.2. The normalized spacial score (nSPS) is 22.2. The van der Waals surface area contributed by atoms with Gasteiger partial charge in [-0.2, -0.15) is 11.8 Å². The fourth-order valence-corrected chi connectivity index (χ4v) is 5.07. The Morgan fingerprint density at radius 1 is 0.968 bits per heavy atom. The molecule has 2 saturated heterocycles. The van der Waals surface area contributed by atoms with Gasteiger partial charge in [-0.25, -0.2) is 4.79 Å². The molecule has 3 amide bonds. The fourth-order valence-electron chi connectivity index (χ4n) is 3.53. The molecule has 2 rings (SSSR count). The maximum absolute atomic E-state index is 11.9. The minimum absolute atomic E-state index is 0.0498. The summed E-state index contributed by atoms with van der Waals surface area (Å²) in [6.45, 7) is 7.18. The van der Waals surface area contributed by atoms with E-state index in [1.54, 1.807) is 0 Å². The molecule has 2 heterocycles. The Kier molecular flexibility index (Phi) is 14.0. The first-order chi connectivity index (χ1) is 15.2. The minimum Gasteiger partial charge on any atom is -0.379 e. The molecule has 0 spiro atoms. The van der Waals surface area contributed by atoms with Crippen molar-refractivity contribution in [3.05, 3.63) is 0 Å². The van der Waals surface area contributed by atoms with Gasteiger partial charge in [0.2, 0.25) is 5.91 Å². The third kappa shape index (κ3) is 11.4. The molecule has 1 unspecified atom stereocenters. The highest BCUT2D eigenvalue weighted by Crippen LogP contribution is 2.33. The number of unbranched alkanes of at least 4 members (excludes halogenated alkanes) is 1. The molecule has 0 bridgehead atoms. The average Bonchev–Trinajstić information content (AvgIpc) is 3.30. The Morgan fingerprint density at radius 2 is 1.61 bits per heavy atom.